The molecule has 1 fully saturated rings. The maximum absolute atomic E-state index is 11.0. The fourth-order valence-corrected chi connectivity index (χ4v) is 2.98. The van der Waals surface area contributed by atoms with E-state index in [0.29, 0.717) is 5.56 Å². The number of nitrogens with zero attached hydrogens (tertiary/aromatic N) is 4. The first-order valence-corrected chi connectivity index (χ1v) is 8.49. The van der Waals surface area contributed by atoms with Crippen LogP contribution in [0, 0.1) is 10.1 Å². The van der Waals surface area contributed by atoms with Crippen molar-refractivity contribution in [1.82, 2.24) is 9.91 Å². The number of halogens is 1. The maximum atomic E-state index is 11.0. The summed E-state index contributed by atoms with van der Waals surface area (Å²) in [6.07, 6.45) is 1.57. The van der Waals surface area contributed by atoms with Crippen LogP contribution in [-0.4, -0.2) is 47.2 Å². The van der Waals surface area contributed by atoms with Crippen molar-refractivity contribution in [3.05, 3.63) is 74.8 Å². The third kappa shape index (κ3) is 4.55. The second kappa shape index (κ2) is 8.09. The molecule has 6 nitrogen and oxygen atoms in total. The number of hydrazone groups is 1. The quantitative estimate of drug-likeness (QED) is 0.467. The number of rotatable bonds is 5. The van der Waals surface area contributed by atoms with Gasteiger partial charge in [0.2, 0.25) is 0 Å². The van der Waals surface area contributed by atoms with Gasteiger partial charge >= 0.3 is 0 Å². The zero-order chi connectivity index (χ0) is 17.6. The van der Waals surface area contributed by atoms with E-state index in [1.54, 1.807) is 24.4 Å². The largest absolute Gasteiger partial charge is 0.295 e. The van der Waals surface area contributed by atoms with Crippen LogP contribution in [0.4, 0.5) is 5.69 Å². The summed E-state index contributed by atoms with van der Waals surface area (Å²) in [4.78, 5) is 13.0. The van der Waals surface area contributed by atoms with E-state index in [1.807, 2.05) is 29.3 Å². The van der Waals surface area contributed by atoms with Crippen molar-refractivity contribution in [3.63, 3.8) is 0 Å². The van der Waals surface area contributed by atoms with Crippen LogP contribution in [0.2, 0.25) is 5.02 Å². The van der Waals surface area contributed by atoms with Gasteiger partial charge < -0.3 is 0 Å². The van der Waals surface area contributed by atoms with Crippen LogP contribution in [0.15, 0.2) is 53.6 Å². The van der Waals surface area contributed by atoms with Crippen molar-refractivity contribution >= 4 is 23.5 Å². The average molecular weight is 359 g/mol. The van der Waals surface area contributed by atoms with Crippen LogP contribution in [0.1, 0.15) is 11.1 Å². The summed E-state index contributed by atoms with van der Waals surface area (Å²) in [5, 5.41) is 18.2. The average Bonchev–Trinajstić information content (AvgIpc) is 2.63. The molecule has 2 aromatic rings. The molecule has 0 spiro atoms. The summed E-state index contributed by atoms with van der Waals surface area (Å²) in [5.74, 6) is 0. The number of nitro benzene ring substituents is 1. The van der Waals surface area contributed by atoms with Crippen LogP contribution < -0.4 is 0 Å². The first-order chi connectivity index (χ1) is 12.1. The van der Waals surface area contributed by atoms with E-state index in [9.17, 15) is 10.1 Å². The number of hydrogen-bond donors (Lipinski definition) is 0. The molecule has 1 saturated heterocycles. The molecule has 0 atom stereocenters. The molecule has 2 aromatic carbocycles. The second-order valence-corrected chi connectivity index (χ2v) is 6.29. The molecule has 3 rings (SSSR count). The molecule has 0 aliphatic carbocycles. The van der Waals surface area contributed by atoms with E-state index in [0.717, 1.165) is 43.3 Å². The van der Waals surface area contributed by atoms with Gasteiger partial charge in [-0.25, -0.2) is 0 Å². The van der Waals surface area contributed by atoms with Gasteiger partial charge in [-0.3, -0.25) is 20.0 Å². The Morgan fingerprint density at radius 3 is 2.48 bits per heavy atom. The summed E-state index contributed by atoms with van der Waals surface area (Å²) in [7, 11) is 0. The van der Waals surface area contributed by atoms with Gasteiger partial charge in [0.25, 0.3) is 5.69 Å². The molecule has 1 aliphatic heterocycles. The molecule has 7 heteroatoms. The topological polar surface area (TPSA) is 62.0 Å². The molecule has 0 radical (unpaired) electrons. The number of para-hydroxylation sites is 1. The van der Waals surface area contributed by atoms with Crippen LogP contribution in [-0.2, 0) is 6.54 Å². The van der Waals surface area contributed by atoms with Gasteiger partial charge in [0.1, 0.15) is 0 Å². The Hall–Kier alpha value is -2.44. The lowest BCUT2D eigenvalue weighted by Crippen LogP contribution is -2.43. The third-order valence-corrected chi connectivity index (χ3v) is 4.56. The van der Waals surface area contributed by atoms with Crippen molar-refractivity contribution in [2.24, 2.45) is 5.10 Å². The van der Waals surface area contributed by atoms with Gasteiger partial charge in [-0.15, -0.1) is 0 Å². The van der Waals surface area contributed by atoms with E-state index in [-0.39, 0.29) is 10.6 Å². The molecule has 25 heavy (non-hydrogen) atoms. The number of benzene rings is 2. The van der Waals surface area contributed by atoms with E-state index < -0.39 is 0 Å². The van der Waals surface area contributed by atoms with E-state index in [1.165, 1.54) is 6.07 Å². The predicted molar refractivity (Wildman–Crippen MR) is 99.0 cm³/mol. The normalized spacial score (nSPS) is 15.6. The molecule has 130 valence electrons. The van der Waals surface area contributed by atoms with Crippen LogP contribution in [0.5, 0.6) is 0 Å². The van der Waals surface area contributed by atoms with Gasteiger partial charge in [0, 0.05) is 43.8 Å². The highest BCUT2D eigenvalue weighted by atomic mass is 35.5. The van der Waals surface area contributed by atoms with Crippen molar-refractivity contribution in [1.29, 1.82) is 0 Å². The molecule has 0 saturated carbocycles. The minimum atomic E-state index is -0.386. The van der Waals surface area contributed by atoms with Gasteiger partial charge in [0.15, 0.2) is 0 Å². The minimum Gasteiger partial charge on any atom is -0.295 e. The predicted octanol–water partition coefficient (Wildman–Crippen LogP) is 3.40. The Kier molecular flexibility index (Phi) is 5.63. The van der Waals surface area contributed by atoms with Crippen molar-refractivity contribution in [3.8, 4) is 0 Å². The van der Waals surface area contributed by atoms with Gasteiger partial charge in [-0.05, 0) is 17.7 Å². The maximum Gasteiger partial charge on any atom is 0.278 e. The van der Waals surface area contributed by atoms with Gasteiger partial charge in [-0.1, -0.05) is 41.9 Å². The molecule has 0 N–H and O–H groups in total. The molecule has 0 aromatic heterocycles. The fraction of sp³-hybridized carbons (Fsp3) is 0.278. The summed E-state index contributed by atoms with van der Waals surface area (Å²) in [6, 6.07) is 14.5. The fourth-order valence-electron chi connectivity index (χ4n) is 2.79. The molecule has 1 aliphatic rings. The smallest absolute Gasteiger partial charge is 0.278 e. The van der Waals surface area contributed by atoms with Gasteiger partial charge in [-0.2, -0.15) is 5.10 Å². The zero-order valence-corrected chi connectivity index (χ0v) is 14.5. The highest BCUT2D eigenvalue weighted by molar-refractivity contribution is 6.31. The van der Waals surface area contributed by atoms with Crippen LogP contribution in [0.3, 0.4) is 0 Å². The number of piperazine rings is 1. The Morgan fingerprint density at radius 2 is 1.76 bits per heavy atom. The molecule has 0 unspecified atom stereocenters. The number of nitro groups is 1. The van der Waals surface area contributed by atoms with Crippen LogP contribution >= 0.6 is 11.6 Å². The summed E-state index contributed by atoms with van der Waals surface area (Å²) in [5.41, 5.74) is 1.72. The van der Waals surface area contributed by atoms with E-state index in [4.69, 9.17) is 11.6 Å². The van der Waals surface area contributed by atoms with Crippen molar-refractivity contribution in [2.75, 3.05) is 26.2 Å². The summed E-state index contributed by atoms with van der Waals surface area (Å²) in [6.45, 7) is 4.13. The molecule has 0 bridgehead atoms. The lowest BCUT2D eigenvalue weighted by Gasteiger charge is -2.33. The SMILES string of the molecule is O=[N+]([O-])c1ccccc1C=NN1CCN(Cc2ccccc2Cl)CC1. The lowest BCUT2D eigenvalue weighted by molar-refractivity contribution is -0.385. The first-order valence-electron chi connectivity index (χ1n) is 8.11. The monoisotopic (exact) mass is 358 g/mol. The minimum absolute atomic E-state index is 0.0728. The van der Waals surface area contributed by atoms with Crippen molar-refractivity contribution in [2.45, 2.75) is 6.54 Å². The van der Waals surface area contributed by atoms with Crippen LogP contribution in [0.25, 0.3) is 0 Å². The standard InChI is InChI=1S/C18H19ClN4O2/c19-17-7-3-1-6-16(17)14-21-9-11-22(12-10-21)20-13-15-5-2-4-8-18(15)23(24)25/h1-8,13H,9-12,14H2. The van der Waals surface area contributed by atoms with E-state index in [2.05, 4.69) is 10.0 Å². The first kappa shape index (κ1) is 17.4. The molecule has 1 heterocycles. The second-order valence-electron chi connectivity index (χ2n) is 5.88. The Morgan fingerprint density at radius 1 is 1.08 bits per heavy atom. The lowest BCUT2D eigenvalue weighted by atomic mass is 10.2. The summed E-state index contributed by atoms with van der Waals surface area (Å²) >= 11 is 6.21. The third-order valence-electron chi connectivity index (χ3n) is 4.19. The molecule has 0 amide bonds. The van der Waals surface area contributed by atoms with E-state index >= 15 is 0 Å². The molecular formula is C18H19ClN4O2. The highest BCUT2D eigenvalue weighted by Crippen LogP contribution is 2.18. The Balaban J connectivity index is 1.56. The Labute approximate surface area is 151 Å². The Bertz CT molecular complexity index is 773. The summed E-state index contributed by atoms with van der Waals surface area (Å²) < 4.78 is 0. The zero-order valence-electron chi connectivity index (χ0n) is 13.7. The highest BCUT2D eigenvalue weighted by Gasteiger charge is 2.17. The number of hydrogen-bond acceptors (Lipinski definition) is 5. The molecular weight excluding hydrogens is 340 g/mol. The van der Waals surface area contributed by atoms with Crippen molar-refractivity contribution < 1.29 is 4.92 Å². The van der Waals surface area contributed by atoms with Gasteiger partial charge in [0.05, 0.1) is 16.7 Å².